The Labute approximate surface area is 221 Å². The SMILES string of the molecule is CCCCOCSC(C(=O)NC1C(=O)N2C(C(=O)O)=C(CSc3nnco3)CSC12)c1ccccc1. The van der Waals surface area contributed by atoms with Crippen molar-refractivity contribution in [2.45, 2.75) is 41.7 Å². The number of aliphatic carboxylic acids is 1. The van der Waals surface area contributed by atoms with E-state index in [0.717, 1.165) is 18.4 Å². The molecule has 2 aromatic rings. The fraction of sp³-hybridized carbons (Fsp3) is 0.435. The smallest absolute Gasteiger partial charge is 0.352 e. The summed E-state index contributed by atoms with van der Waals surface area (Å²) in [7, 11) is 0. The van der Waals surface area contributed by atoms with Crippen molar-refractivity contribution < 1.29 is 28.6 Å². The minimum absolute atomic E-state index is 0.0421. The fourth-order valence-electron chi connectivity index (χ4n) is 3.77. The lowest BCUT2D eigenvalue weighted by Crippen LogP contribution is -2.70. The van der Waals surface area contributed by atoms with Gasteiger partial charge in [0.25, 0.3) is 11.1 Å². The van der Waals surface area contributed by atoms with Gasteiger partial charge in [-0.3, -0.25) is 14.5 Å². The minimum atomic E-state index is -1.18. The number of thioether (sulfide) groups is 3. The first-order valence-electron chi connectivity index (χ1n) is 11.3. The van der Waals surface area contributed by atoms with Gasteiger partial charge < -0.3 is 19.6 Å². The molecule has 1 saturated heterocycles. The highest BCUT2D eigenvalue weighted by Crippen LogP contribution is 2.42. The van der Waals surface area contributed by atoms with Crippen molar-refractivity contribution in [1.82, 2.24) is 20.4 Å². The molecule has 13 heteroatoms. The van der Waals surface area contributed by atoms with E-state index in [2.05, 4.69) is 22.4 Å². The van der Waals surface area contributed by atoms with Crippen LogP contribution < -0.4 is 5.32 Å². The van der Waals surface area contributed by atoms with Gasteiger partial charge in [-0.15, -0.1) is 33.7 Å². The maximum atomic E-state index is 13.3. The number of β-lactam (4-membered cyclic amide) rings is 1. The first kappa shape index (κ1) is 26.6. The quantitative estimate of drug-likeness (QED) is 0.165. The molecule has 2 amide bonds. The highest BCUT2D eigenvalue weighted by Gasteiger charge is 2.54. The molecule has 2 N–H and O–H groups in total. The van der Waals surface area contributed by atoms with Gasteiger partial charge in [0.15, 0.2) is 0 Å². The van der Waals surface area contributed by atoms with Crippen LogP contribution in [-0.4, -0.2) is 73.5 Å². The van der Waals surface area contributed by atoms with Crippen LogP contribution in [0.4, 0.5) is 0 Å². The molecule has 1 fully saturated rings. The van der Waals surface area contributed by atoms with E-state index in [1.54, 1.807) is 0 Å². The zero-order chi connectivity index (χ0) is 25.5. The second-order valence-electron chi connectivity index (χ2n) is 7.98. The third-order valence-electron chi connectivity index (χ3n) is 5.56. The molecule has 3 atom stereocenters. The molecule has 1 aromatic carbocycles. The number of nitrogens with one attached hydrogen (secondary N) is 1. The molecule has 0 saturated carbocycles. The molecule has 36 heavy (non-hydrogen) atoms. The number of carbonyl (C=O) groups excluding carboxylic acids is 2. The van der Waals surface area contributed by atoms with Crippen molar-refractivity contribution in [1.29, 1.82) is 0 Å². The van der Waals surface area contributed by atoms with Gasteiger partial charge in [0.1, 0.15) is 22.4 Å². The number of amides is 2. The summed E-state index contributed by atoms with van der Waals surface area (Å²) in [6.45, 7) is 2.71. The van der Waals surface area contributed by atoms with Gasteiger partial charge in [-0.05, 0) is 17.6 Å². The van der Waals surface area contributed by atoms with Crippen LogP contribution in [0, 0.1) is 0 Å². The van der Waals surface area contributed by atoms with E-state index < -0.39 is 28.5 Å². The highest BCUT2D eigenvalue weighted by molar-refractivity contribution is 8.01. The van der Waals surface area contributed by atoms with Crippen LogP contribution >= 0.6 is 35.3 Å². The first-order chi connectivity index (χ1) is 17.5. The number of unbranched alkanes of at least 4 members (excludes halogenated alkanes) is 1. The van der Waals surface area contributed by atoms with Crippen molar-refractivity contribution in [3.63, 3.8) is 0 Å². The van der Waals surface area contributed by atoms with Crippen LogP contribution in [0.1, 0.15) is 30.6 Å². The number of hydrogen-bond donors (Lipinski definition) is 2. The third-order valence-corrected chi connectivity index (χ3v) is 8.94. The third kappa shape index (κ3) is 6.07. The Morgan fingerprint density at radius 1 is 1.36 bits per heavy atom. The number of hydrogen-bond acceptors (Lipinski definition) is 10. The molecule has 10 nitrogen and oxygen atoms in total. The summed E-state index contributed by atoms with van der Waals surface area (Å²) >= 11 is 4.00. The van der Waals surface area contributed by atoms with Crippen LogP contribution in [0.25, 0.3) is 0 Å². The molecular formula is C23H26N4O6S3. The Bertz CT molecular complexity index is 1100. The summed E-state index contributed by atoms with van der Waals surface area (Å²) in [6, 6.07) is 8.53. The van der Waals surface area contributed by atoms with Crippen molar-refractivity contribution in [3.8, 4) is 0 Å². The number of fused-ring (bicyclic) bond motifs is 1. The van der Waals surface area contributed by atoms with Crippen LogP contribution in [0.3, 0.4) is 0 Å². The Kier molecular flexibility index (Phi) is 9.35. The summed E-state index contributed by atoms with van der Waals surface area (Å²) in [4.78, 5) is 39.6. The van der Waals surface area contributed by atoms with Gasteiger partial charge in [-0.2, -0.15) is 0 Å². The molecular weight excluding hydrogens is 524 g/mol. The molecule has 3 unspecified atom stereocenters. The Morgan fingerprint density at radius 2 is 2.17 bits per heavy atom. The first-order valence-corrected chi connectivity index (χ1v) is 14.4. The molecule has 0 aliphatic carbocycles. The van der Waals surface area contributed by atoms with Crippen LogP contribution in [-0.2, 0) is 19.1 Å². The number of carboxylic acids is 1. The zero-order valence-corrected chi connectivity index (χ0v) is 21.9. The molecule has 0 spiro atoms. The number of benzene rings is 1. The van der Waals surface area contributed by atoms with Crippen molar-refractivity contribution in [2.75, 3.05) is 24.1 Å². The van der Waals surface area contributed by atoms with Gasteiger partial charge >= 0.3 is 5.97 Å². The van der Waals surface area contributed by atoms with Gasteiger partial charge in [-0.1, -0.05) is 55.4 Å². The average Bonchev–Trinajstić information content (AvgIpc) is 3.41. The lowest BCUT2D eigenvalue weighted by molar-refractivity contribution is -0.150. The van der Waals surface area contributed by atoms with E-state index in [0.29, 0.717) is 34.8 Å². The minimum Gasteiger partial charge on any atom is -0.477 e. The monoisotopic (exact) mass is 550 g/mol. The van der Waals surface area contributed by atoms with Crippen molar-refractivity contribution >= 4 is 53.1 Å². The summed E-state index contributed by atoms with van der Waals surface area (Å²) in [5.41, 5.74) is 1.36. The Balaban J connectivity index is 1.43. The molecule has 192 valence electrons. The molecule has 0 bridgehead atoms. The molecule has 2 aliphatic heterocycles. The lowest BCUT2D eigenvalue weighted by Gasteiger charge is -2.49. The predicted molar refractivity (Wildman–Crippen MR) is 137 cm³/mol. The van der Waals surface area contributed by atoms with Crippen molar-refractivity contribution in [2.24, 2.45) is 0 Å². The normalized spacial score (nSPS) is 20.0. The number of carboxylic acid groups (broad SMARTS) is 1. The standard InChI is InChI=1S/C23H26N4O6S3/c1-2-3-9-32-13-36-18(14-7-5-4-6-8-14)19(28)25-16-20(29)27-17(22(30)31)15(10-34-21(16)27)11-35-23-26-24-12-33-23/h4-8,12,16,18,21H,2-3,9-11,13H2,1H3,(H,25,28)(H,30,31). The van der Waals surface area contributed by atoms with Crippen molar-refractivity contribution in [3.05, 3.63) is 53.6 Å². The van der Waals surface area contributed by atoms with E-state index >= 15 is 0 Å². The number of rotatable bonds is 13. The van der Waals surface area contributed by atoms with Crippen LogP contribution in [0.5, 0.6) is 0 Å². The number of nitrogens with zero attached hydrogens (tertiary/aromatic N) is 3. The summed E-state index contributed by atoms with van der Waals surface area (Å²) in [5.74, 6) is -0.859. The Hall–Kier alpha value is -2.48. The maximum Gasteiger partial charge on any atom is 0.352 e. The van der Waals surface area contributed by atoms with Crippen LogP contribution in [0.15, 0.2) is 57.6 Å². The van der Waals surface area contributed by atoms with Crippen LogP contribution in [0.2, 0.25) is 0 Å². The topological polar surface area (TPSA) is 135 Å². The second kappa shape index (κ2) is 12.7. The molecule has 4 rings (SSSR count). The largest absolute Gasteiger partial charge is 0.477 e. The van der Waals surface area contributed by atoms with E-state index in [1.165, 1.54) is 46.6 Å². The summed E-state index contributed by atoms with van der Waals surface area (Å²) in [6.07, 6.45) is 3.17. The number of ether oxygens (including phenoxy) is 1. The number of aromatic nitrogens is 2. The second-order valence-corrected chi connectivity index (χ2v) is 11.1. The zero-order valence-electron chi connectivity index (χ0n) is 19.5. The van der Waals surface area contributed by atoms with E-state index in [-0.39, 0.29) is 11.6 Å². The maximum absolute atomic E-state index is 13.3. The summed E-state index contributed by atoms with van der Waals surface area (Å²) < 4.78 is 10.7. The predicted octanol–water partition coefficient (Wildman–Crippen LogP) is 3.15. The average molecular weight is 551 g/mol. The molecule has 0 radical (unpaired) electrons. The van der Waals surface area contributed by atoms with Gasteiger partial charge in [0.2, 0.25) is 12.3 Å². The van der Waals surface area contributed by atoms with E-state index in [1.807, 2.05) is 30.3 Å². The molecule has 2 aliphatic rings. The molecule has 1 aromatic heterocycles. The molecule has 3 heterocycles. The van der Waals surface area contributed by atoms with E-state index in [9.17, 15) is 19.5 Å². The Morgan fingerprint density at radius 3 is 2.86 bits per heavy atom. The lowest BCUT2D eigenvalue weighted by atomic mass is 10.0. The van der Waals surface area contributed by atoms with Gasteiger partial charge in [-0.25, -0.2) is 4.79 Å². The summed E-state index contributed by atoms with van der Waals surface area (Å²) in [5, 5.41) is 19.4. The number of carbonyl (C=O) groups is 3. The van der Waals surface area contributed by atoms with Gasteiger partial charge in [0.05, 0.1) is 5.94 Å². The van der Waals surface area contributed by atoms with E-state index in [4.69, 9.17) is 9.15 Å². The van der Waals surface area contributed by atoms with Gasteiger partial charge in [0, 0.05) is 18.1 Å². The fourth-order valence-corrected chi connectivity index (χ4v) is 6.92. The highest BCUT2D eigenvalue weighted by atomic mass is 32.2.